The molecular weight excluding hydrogens is 717 g/mol. The van der Waals surface area contributed by atoms with Gasteiger partial charge < -0.3 is 30.9 Å². The van der Waals surface area contributed by atoms with Gasteiger partial charge in [0.25, 0.3) is 0 Å². The Labute approximate surface area is 336 Å². The molecule has 0 heterocycles. The second-order valence-electron chi connectivity index (χ2n) is 14.4. The first-order valence-corrected chi connectivity index (χ1v) is 21.1. The normalized spacial score (nSPS) is 11.3. The van der Waals surface area contributed by atoms with Gasteiger partial charge in [-0.2, -0.15) is 0 Å². The molecule has 1 atom stereocenters. The number of carbonyl (C=O) groups excluding carboxylic acids is 3. The van der Waals surface area contributed by atoms with Gasteiger partial charge in [-0.1, -0.05) is 148 Å². The summed E-state index contributed by atoms with van der Waals surface area (Å²) in [5.41, 5.74) is 11.7. The molecule has 0 aromatic rings. The molecule has 0 aromatic heterocycles. The number of carbonyl (C=O) groups is 4. The van der Waals surface area contributed by atoms with Crippen LogP contribution in [0, 0.1) is 0 Å². The maximum Gasteiger partial charge on any atom is 0.305 e. The van der Waals surface area contributed by atoms with Crippen molar-refractivity contribution >= 4 is 48.6 Å². The fourth-order valence-corrected chi connectivity index (χ4v) is 6.31. The lowest BCUT2D eigenvalue weighted by Gasteiger charge is -2.25. The molecule has 0 radical (unpaired) electrons. The van der Waals surface area contributed by atoms with E-state index in [0.29, 0.717) is 32.2 Å². The second-order valence-corrected chi connectivity index (χ2v) is 14.4. The van der Waals surface area contributed by atoms with Gasteiger partial charge in [0.2, 0.25) is 5.91 Å². The third-order valence-corrected chi connectivity index (χ3v) is 9.60. The summed E-state index contributed by atoms with van der Waals surface area (Å²) in [5.74, 6) is -1.46. The molecule has 0 saturated carbocycles. The van der Waals surface area contributed by atoms with E-state index in [-0.39, 0.29) is 75.4 Å². The molecule has 0 unspecified atom stereocenters. The SMILES string of the molecule is CCCCCCCCCCCCCCCC(=O)OCCN(CCOC(=O)CCCCCCCCCCCCCCC(=O)O)C(=O)[C@@H](N)CCCN.Cl.Cl. The van der Waals surface area contributed by atoms with Crippen molar-refractivity contribution in [3.05, 3.63) is 0 Å². The van der Waals surface area contributed by atoms with Crippen LogP contribution in [0.5, 0.6) is 0 Å². The summed E-state index contributed by atoms with van der Waals surface area (Å²) < 4.78 is 10.9. The number of rotatable bonds is 39. The van der Waals surface area contributed by atoms with Crippen molar-refractivity contribution in [2.24, 2.45) is 11.5 Å². The zero-order chi connectivity index (χ0) is 37.6. The summed E-state index contributed by atoms with van der Waals surface area (Å²) in [7, 11) is 0. The fourth-order valence-electron chi connectivity index (χ4n) is 6.31. The van der Waals surface area contributed by atoms with Crippen LogP contribution in [0.3, 0.4) is 0 Å². The summed E-state index contributed by atoms with van der Waals surface area (Å²) >= 11 is 0. The molecular formula is C41H81Cl2N3O7. The standard InChI is InChI=1S/C41H79N3O7.2ClH/c1-2-3-4-5-6-7-8-9-13-16-19-22-25-30-39(47)50-35-33-44(41(49)37(43)28-27-32-42)34-36-51-40(48)31-26-23-20-17-14-11-10-12-15-18-21-24-29-38(45)46;;/h37H,2-36,42-43H2,1H3,(H,45,46);2*1H/t37-;;/m0../s1. The fraction of sp³-hybridized carbons (Fsp3) is 0.902. The first-order valence-electron chi connectivity index (χ1n) is 21.1. The monoisotopic (exact) mass is 798 g/mol. The highest BCUT2D eigenvalue weighted by Crippen LogP contribution is 2.15. The van der Waals surface area contributed by atoms with Crippen molar-refractivity contribution in [3.8, 4) is 0 Å². The highest BCUT2D eigenvalue weighted by molar-refractivity contribution is 5.85. The number of aliphatic carboxylic acids is 1. The first-order chi connectivity index (χ1) is 24.8. The number of unbranched alkanes of at least 4 members (excludes halogenated alkanes) is 23. The molecule has 0 aromatic carbocycles. The first kappa shape index (κ1) is 55.7. The van der Waals surface area contributed by atoms with Gasteiger partial charge >= 0.3 is 17.9 Å². The molecule has 53 heavy (non-hydrogen) atoms. The van der Waals surface area contributed by atoms with Crippen molar-refractivity contribution in [2.45, 2.75) is 206 Å². The minimum Gasteiger partial charge on any atom is -0.481 e. The van der Waals surface area contributed by atoms with E-state index in [4.69, 9.17) is 26.0 Å². The Morgan fingerprint density at radius 3 is 1.17 bits per heavy atom. The van der Waals surface area contributed by atoms with Crippen LogP contribution >= 0.6 is 24.8 Å². The molecule has 10 nitrogen and oxygen atoms in total. The lowest BCUT2D eigenvalue weighted by Crippen LogP contribution is -2.46. The summed E-state index contributed by atoms with van der Waals surface area (Å²) in [6, 6.07) is -0.693. The third-order valence-electron chi connectivity index (χ3n) is 9.60. The molecule has 0 saturated heterocycles. The Bertz CT molecular complexity index is 854. The Hall–Kier alpha value is -1.62. The van der Waals surface area contributed by atoms with Gasteiger partial charge in [-0.25, -0.2) is 0 Å². The number of amides is 1. The lowest BCUT2D eigenvalue weighted by atomic mass is 10.0. The Morgan fingerprint density at radius 2 is 0.849 bits per heavy atom. The Kier molecular flexibility index (Phi) is 45.3. The number of hydrogen-bond donors (Lipinski definition) is 3. The molecule has 5 N–H and O–H groups in total. The number of nitrogens with two attached hydrogens (primary N) is 2. The number of ether oxygens (including phenoxy) is 2. The molecule has 0 spiro atoms. The summed E-state index contributed by atoms with van der Waals surface area (Å²) in [5, 5.41) is 8.67. The van der Waals surface area contributed by atoms with Crippen LogP contribution in [-0.2, 0) is 28.7 Å². The van der Waals surface area contributed by atoms with Gasteiger partial charge in [0.15, 0.2) is 0 Å². The zero-order valence-corrected chi connectivity index (χ0v) is 35.3. The topological polar surface area (TPSA) is 162 Å². The number of halogens is 2. The van der Waals surface area contributed by atoms with Crippen LogP contribution in [-0.4, -0.2) is 72.7 Å². The molecule has 0 rings (SSSR count). The molecule has 0 aliphatic rings. The number of carboxylic acids is 1. The van der Waals surface area contributed by atoms with E-state index in [1.54, 1.807) is 0 Å². The average Bonchev–Trinajstić information content (AvgIpc) is 3.11. The van der Waals surface area contributed by atoms with Gasteiger partial charge in [-0.05, 0) is 38.6 Å². The number of nitrogens with zero attached hydrogens (tertiary/aromatic N) is 1. The van der Waals surface area contributed by atoms with Crippen LogP contribution in [0.2, 0.25) is 0 Å². The van der Waals surface area contributed by atoms with Crippen molar-refractivity contribution in [2.75, 3.05) is 32.8 Å². The second kappa shape index (κ2) is 43.1. The van der Waals surface area contributed by atoms with E-state index in [9.17, 15) is 19.2 Å². The molecule has 0 aliphatic heterocycles. The van der Waals surface area contributed by atoms with Crippen LogP contribution in [0.1, 0.15) is 200 Å². The van der Waals surface area contributed by atoms with E-state index >= 15 is 0 Å². The van der Waals surface area contributed by atoms with Crippen molar-refractivity contribution in [3.63, 3.8) is 0 Å². The van der Waals surface area contributed by atoms with Gasteiger partial charge in [0.05, 0.1) is 19.1 Å². The number of carboxylic acid groups (broad SMARTS) is 1. The van der Waals surface area contributed by atoms with Gasteiger partial charge in [-0.3, -0.25) is 19.2 Å². The van der Waals surface area contributed by atoms with Crippen molar-refractivity contribution in [1.29, 1.82) is 0 Å². The zero-order valence-electron chi connectivity index (χ0n) is 33.6. The van der Waals surface area contributed by atoms with Gasteiger partial charge in [0.1, 0.15) is 13.2 Å². The maximum atomic E-state index is 13.0. The summed E-state index contributed by atoms with van der Waals surface area (Å²) in [6.07, 6.45) is 31.4. The van der Waals surface area contributed by atoms with Gasteiger partial charge in [0, 0.05) is 19.3 Å². The quantitative estimate of drug-likeness (QED) is 0.0406. The van der Waals surface area contributed by atoms with E-state index in [0.717, 1.165) is 57.8 Å². The highest BCUT2D eigenvalue weighted by atomic mass is 35.5. The van der Waals surface area contributed by atoms with Crippen LogP contribution < -0.4 is 11.5 Å². The lowest BCUT2D eigenvalue weighted by molar-refractivity contribution is -0.148. The van der Waals surface area contributed by atoms with E-state index in [1.165, 1.54) is 108 Å². The maximum absolute atomic E-state index is 13.0. The summed E-state index contributed by atoms with van der Waals surface area (Å²) in [6.45, 7) is 3.30. The summed E-state index contributed by atoms with van der Waals surface area (Å²) in [4.78, 5) is 49.7. The van der Waals surface area contributed by atoms with Crippen LogP contribution in [0.4, 0.5) is 0 Å². The van der Waals surface area contributed by atoms with E-state index in [1.807, 2.05) is 0 Å². The molecule has 0 fully saturated rings. The minimum atomic E-state index is -0.704. The number of hydrogen-bond acceptors (Lipinski definition) is 8. The van der Waals surface area contributed by atoms with Gasteiger partial charge in [-0.15, -0.1) is 24.8 Å². The Morgan fingerprint density at radius 1 is 0.528 bits per heavy atom. The minimum absolute atomic E-state index is 0. The van der Waals surface area contributed by atoms with E-state index < -0.39 is 12.0 Å². The van der Waals surface area contributed by atoms with E-state index in [2.05, 4.69) is 6.92 Å². The average molecular weight is 799 g/mol. The predicted molar refractivity (Wildman–Crippen MR) is 222 cm³/mol. The van der Waals surface area contributed by atoms with Crippen LogP contribution in [0.25, 0.3) is 0 Å². The Balaban J connectivity index is -0.0000125. The molecule has 1 amide bonds. The number of esters is 2. The van der Waals surface area contributed by atoms with Crippen molar-refractivity contribution < 1.29 is 33.8 Å². The van der Waals surface area contributed by atoms with Crippen LogP contribution in [0.15, 0.2) is 0 Å². The molecule has 316 valence electrons. The largest absolute Gasteiger partial charge is 0.481 e. The smallest absolute Gasteiger partial charge is 0.305 e. The third kappa shape index (κ3) is 39.9. The molecule has 0 bridgehead atoms. The predicted octanol–water partition coefficient (Wildman–Crippen LogP) is 9.84. The molecule has 12 heteroatoms. The van der Waals surface area contributed by atoms with Crippen molar-refractivity contribution in [1.82, 2.24) is 4.90 Å². The molecule has 0 aliphatic carbocycles. The highest BCUT2D eigenvalue weighted by Gasteiger charge is 2.21.